The molecule has 0 bridgehead atoms. The highest BCUT2D eigenvalue weighted by Gasteiger charge is 2.36. The van der Waals surface area contributed by atoms with Crippen molar-refractivity contribution in [3.05, 3.63) is 0 Å². The molecule has 0 aliphatic carbocycles. The van der Waals surface area contributed by atoms with Crippen LogP contribution in [0.5, 0.6) is 0 Å². The van der Waals surface area contributed by atoms with Gasteiger partial charge in [0.15, 0.2) is 0 Å². The van der Waals surface area contributed by atoms with Gasteiger partial charge in [0.25, 0.3) is 0 Å². The van der Waals surface area contributed by atoms with E-state index in [1.54, 1.807) is 6.92 Å². The average Bonchev–Trinajstić information content (AvgIpc) is 2.36. The molecule has 0 aromatic heterocycles. The van der Waals surface area contributed by atoms with Crippen molar-refractivity contribution in [2.75, 3.05) is 0 Å². The molecular weight excluding hydrogens is 259 g/mol. The number of hydrogen-bond donors (Lipinski definition) is 0. The van der Waals surface area contributed by atoms with Gasteiger partial charge >= 0.3 is 0 Å². The number of amides is 4. The predicted molar refractivity (Wildman–Crippen MR) is 74.4 cm³/mol. The number of carbonyl (C=O) groups is 4. The van der Waals surface area contributed by atoms with E-state index in [0.717, 1.165) is 11.8 Å². The number of hydrogen-bond acceptors (Lipinski definition) is 4. The quantitative estimate of drug-likeness (QED) is 0.551. The predicted octanol–water partition coefficient (Wildman–Crippen LogP) is 0.789. The molecule has 0 aliphatic heterocycles. The van der Waals surface area contributed by atoms with Crippen molar-refractivity contribution >= 4 is 31.6 Å². The molecule has 0 saturated carbocycles. The second kappa shape index (κ2) is 7.21. The minimum absolute atomic E-state index is 0.380. The summed E-state index contributed by atoms with van der Waals surface area (Å²) in [5.74, 6) is -2.57. The molecule has 7 heteroatoms. The fourth-order valence-electron chi connectivity index (χ4n) is 1.89. The molecule has 0 heterocycles. The molecule has 20 heavy (non-hydrogen) atoms. The molecule has 0 rings (SSSR count). The van der Waals surface area contributed by atoms with E-state index in [2.05, 4.69) is 0 Å². The van der Waals surface area contributed by atoms with Gasteiger partial charge in [0.2, 0.25) is 31.6 Å². The zero-order valence-corrected chi connectivity index (χ0v) is 12.7. The van der Waals surface area contributed by atoms with Gasteiger partial charge in [-0.25, -0.2) is 0 Å². The fourth-order valence-corrected chi connectivity index (χ4v) is 1.89. The summed E-state index contributed by atoms with van der Waals surface area (Å²) in [5.41, 5.74) is -0.654. The topological polar surface area (TPSA) is 74.8 Å². The van der Waals surface area contributed by atoms with E-state index < -0.39 is 35.6 Å². The molecule has 6 nitrogen and oxygen atoms in total. The van der Waals surface area contributed by atoms with E-state index >= 15 is 0 Å². The maximum Gasteiger partial charge on any atom is 0.242 e. The molecule has 110 valence electrons. The standard InChI is InChI=1S/C13H21BN2O4/c1-6-13(5,7-2)15(9(3)17)11(19)8-12(20)16(14)10(4)18/h6-8H2,1-5H3. The Bertz CT molecular complexity index is 419. The highest BCUT2D eigenvalue weighted by Crippen LogP contribution is 2.24. The Morgan fingerprint density at radius 2 is 1.40 bits per heavy atom. The molecule has 0 fully saturated rings. The molecule has 2 radical (unpaired) electrons. The summed E-state index contributed by atoms with van der Waals surface area (Å²) in [6.07, 6.45) is 0.537. The molecule has 0 aromatic carbocycles. The van der Waals surface area contributed by atoms with Gasteiger partial charge in [-0.2, -0.15) is 0 Å². The van der Waals surface area contributed by atoms with E-state index in [-0.39, 0.29) is 0 Å². The summed E-state index contributed by atoms with van der Waals surface area (Å²) in [7, 11) is 5.24. The third-order valence-electron chi connectivity index (χ3n) is 3.54. The fraction of sp³-hybridized carbons (Fsp3) is 0.692. The Morgan fingerprint density at radius 1 is 0.950 bits per heavy atom. The van der Waals surface area contributed by atoms with Crippen LogP contribution in [0.1, 0.15) is 53.9 Å². The summed E-state index contributed by atoms with van der Waals surface area (Å²) >= 11 is 0. The van der Waals surface area contributed by atoms with E-state index in [1.807, 2.05) is 13.8 Å². The number of nitrogens with zero attached hydrogens (tertiary/aromatic N) is 2. The van der Waals surface area contributed by atoms with E-state index in [1.165, 1.54) is 6.92 Å². The van der Waals surface area contributed by atoms with Gasteiger partial charge in [0.1, 0.15) is 6.42 Å². The van der Waals surface area contributed by atoms with Crippen LogP contribution in [0, 0.1) is 0 Å². The second-order valence-electron chi connectivity index (χ2n) is 4.91. The highest BCUT2D eigenvalue weighted by atomic mass is 16.2. The lowest BCUT2D eigenvalue weighted by molar-refractivity contribution is -0.152. The first-order valence-corrected chi connectivity index (χ1v) is 6.52. The summed E-state index contributed by atoms with van der Waals surface area (Å²) in [6, 6.07) is 0. The van der Waals surface area contributed by atoms with Gasteiger partial charge in [0, 0.05) is 19.4 Å². The Labute approximate surface area is 120 Å². The van der Waals surface area contributed by atoms with Crippen molar-refractivity contribution in [2.24, 2.45) is 0 Å². The van der Waals surface area contributed by atoms with Gasteiger partial charge in [-0.1, -0.05) is 13.8 Å². The van der Waals surface area contributed by atoms with E-state index in [4.69, 9.17) is 7.98 Å². The zero-order chi connectivity index (χ0) is 16.1. The van der Waals surface area contributed by atoms with Crippen molar-refractivity contribution in [3.8, 4) is 0 Å². The molecule has 0 N–H and O–H groups in total. The van der Waals surface area contributed by atoms with Gasteiger partial charge in [-0.05, 0) is 19.8 Å². The molecule has 0 aliphatic rings. The van der Waals surface area contributed by atoms with Crippen LogP contribution in [0.25, 0.3) is 0 Å². The SMILES string of the molecule is [B]N(C(C)=O)C(=O)CC(=O)N(C(C)=O)C(C)(CC)CC. The smallest absolute Gasteiger partial charge is 0.242 e. The largest absolute Gasteiger partial charge is 0.340 e. The average molecular weight is 280 g/mol. The summed E-state index contributed by atoms with van der Waals surface area (Å²) in [6.45, 7) is 7.89. The number of carbonyl (C=O) groups excluding carboxylic acids is 4. The van der Waals surface area contributed by atoms with Crippen molar-refractivity contribution in [1.29, 1.82) is 0 Å². The van der Waals surface area contributed by atoms with Crippen molar-refractivity contribution in [2.45, 2.75) is 59.4 Å². The summed E-state index contributed by atoms with van der Waals surface area (Å²) < 4.78 is 0. The lowest BCUT2D eigenvalue weighted by atomic mass is 9.92. The Hall–Kier alpha value is -1.66. The first kappa shape index (κ1) is 18.3. The lowest BCUT2D eigenvalue weighted by Crippen LogP contribution is -2.52. The molecule has 0 unspecified atom stereocenters. The Morgan fingerprint density at radius 3 is 1.70 bits per heavy atom. The monoisotopic (exact) mass is 280 g/mol. The highest BCUT2D eigenvalue weighted by molar-refractivity contribution is 6.26. The molecule has 0 aromatic rings. The lowest BCUT2D eigenvalue weighted by Gasteiger charge is -2.38. The van der Waals surface area contributed by atoms with Crippen LogP contribution in [0.15, 0.2) is 0 Å². The van der Waals surface area contributed by atoms with Crippen LogP contribution < -0.4 is 0 Å². The molecule has 0 atom stereocenters. The van der Waals surface area contributed by atoms with Crippen molar-refractivity contribution < 1.29 is 19.2 Å². The van der Waals surface area contributed by atoms with Crippen LogP contribution in [-0.2, 0) is 19.2 Å². The third kappa shape index (κ3) is 4.18. The van der Waals surface area contributed by atoms with Crippen molar-refractivity contribution in [3.63, 3.8) is 0 Å². The van der Waals surface area contributed by atoms with Gasteiger partial charge in [-0.3, -0.25) is 24.1 Å². The van der Waals surface area contributed by atoms with Gasteiger partial charge in [0.05, 0.1) is 0 Å². The molecule has 0 spiro atoms. The van der Waals surface area contributed by atoms with E-state index in [0.29, 0.717) is 17.7 Å². The minimum atomic E-state index is -0.830. The van der Waals surface area contributed by atoms with Crippen LogP contribution in [0.3, 0.4) is 0 Å². The van der Waals surface area contributed by atoms with Crippen LogP contribution in [0.4, 0.5) is 0 Å². The molecule has 4 amide bonds. The van der Waals surface area contributed by atoms with Crippen molar-refractivity contribution in [1.82, 2.24) is 9.71 Å². The normalized spacial score (nSPS) is 10.8. The van der Waals surface area contributed by atoms with Crippen LogP contribution >= 0.6 is 0 Å². The molecular formula is C13H21BN2O4. The zero-order valence-electron chi connectivity index (χ0n) is 12.7. The molecule has 0 saturated heterocycles. The number of imide groups is 2. The Balaban J connectivity index is 5.16. The maximum absolute atomic E-state index is 12.2. The van der Waals surface area contributed by atoms with E-state index in [9.17, 15) is 19.2 Å². The van der Waals surface area contributed by atoms with Crippen LogP contribution in [-0.4, -0.2) is 46.9 Å². The van der Waals surface area contributed by atoms with Gasteiger partial charge in [-0.15, -0.1) is 0 Å². The first-order valence-electron chi connectivity index (χ1n) is 6.52. The Kier molecular flexibility index (Phi) is 6.62. The summed E-state index contributed by atoms with van der Waals surface area (Å²) in [4.78, 5) is 48.0. The van der Waals surface area contributed by atoms with Gasteiger partial charge < -0.3 is 4.81 Å². The third-order valence-corrected chi connectivity index (χ3v) is 3.54. The minimum Gasteiger partial charge on any atom is -0.340 e. The number of rotatable bonds is 5. The first-order chi connectivity index (χ1) is 9.10. The maximum atomic E-state index is 12.2. The second-order valence-corrected chi connectivity index (χ2v) is 4.91. The van der Waals surface area contributed by atoms with Crippen LogP contribution in [0.2, 0.25) is 0 Å². The summed E-state index contributed by atoms with van der Waals surface area (Å²) in [5, 5.41) is 0.